The van der Waals surface area contributed by atoms with Crippen LogP contribution >= 0.6 is 0 Å². The highest BCUT2D eigenvalue weighted by Crippen LogP contribution is 2.31. The molecular formula is C18H22FNO. The lowest BCUT2D eigenvalue weighted by Gasteiger charge is -2.19. The van der Waals surface area contributed by atoms with Gasteiger partial charge in [0.2, 0.25) is 0 Å². The number of hydrogen-bond acceptors (Lipinski definition) is 2. The van der Waals surface area contributed by atoms with E-state index in [0.717, 1.165) is 24.3 Å². The molecular weight excluding hydrogens is 265 g/mol. The molecule has 1 unspecified atom stereocenters. The molecule has 0 fully saturated rings. The summed E-state index contributed by atoms with van der Waals surface area (Å²) < 4.78 is 20.1. The van der Waals surface area contributed by atoms with Gasteiger partial charge in [0.1, 0.15) is 17.3 Å². The maximum atomic E-state index is 14.2. The first-order valence-electron chi connectivity index (χ1n) is 7.38. The van der Waals surface area contributed by atoms with Crippen LogP contribution in [0.4, 0.5) is 4.39 Å². The summed E-state index contributed by atoms with van der Waals surface area (Å²) in [5.74, 6) is 1.05. The number of hydrogen-bond donors (Lipinski definition) is 1. The molecule has 2 nitrogen and oxygen atoms in total. The smallest absolute Gasteiger partial charge is 0.135 e. The van der Waals surface area contributed by atoms with Crippen molar-refractivity contribution in [3.63, 3.8) is 0 Å². The Morgan fingerprint density at radius 3 is 2.67 bits per heavy atom. The molecule has 0 saturated carbocycles. The molecule has 1 atom stereocenters. The van der Waals surface area contributed by atoms with E-state index in [1.54, 1.807) is 6.07 Å². The maximum absolute atomic E-state index is 14.2. The zero-order valence-electron chi connectivity index (χ0n) is 12.8. The van der Waals surface area contributed by atoms with Gasteiger partial charge in [0.25, 0.3) is 0 Å². The van der Waals surface area contributed by atoms with Crippen LogP contribution in [0.5, 0.6) is 11.5 Å². The molecule has 2 rings (SSSR count). The molecule has 0 aromatic heterocycles. The SMILES string of the molecule is CCCNC(C)c1c(F)cccc1Oc1cccc(C)c1. The number of nitrogens with one attached hydrogen (secondary N) is 1. The maximum Gasteiger partial charge on any atom is 0.135 e. The zero-order valence-corrected chi connectivity index (χ0v) is 12.8. The molecule has 0 saturated heterocycles. The van der Waals surface area contributed by atoms with Crippen molar-refractivity contribution in [2.75, 3.05) is 6.54 Å². The van der Waals surface area contributed by atoms with Crippen molar-refractivity contribution in [2.24, 2.45) is 0 Å². The highest BCUT2D eigenvalue weighted by Gasteiger charge is 2.16. The van der Waals surface area contributed by atoms with Crippen LogP contribution in [0.2, 0.25) is 0 Å². The minimum atomic E-state index is -0.240. The number of halogens is 1. The molecule has 0 aliphatic heterocycles. The summed E-state index contributed by atoms with van der Waals surface area (Å²) >= 11 is 0. The summed E-state index contributed by atoms with van der Waals surface area (Å²) in [7, 11) is 0. The van der Waals surface area contributed by atoms with E-state index in [1.807, 2.05) is 44.2 Å². The summed E-state index contributed by atoms with van der Waals surface area (Å²) in [5.41, 5.74) is 1.69. The third-order valence-electron chi connectivity index (χ3n) is 3.36. The molecule has 2 aromatic carbocycles. The largest absolute Gasteiger partial charge is 0.457 e. The molecule has 0 aliphatic carbocycles. The van der Waals surface area contributed by atoms with Crippen molar-refractivity contribution in [2.45, 2.75) is 33.2 Å². The third kappa shape index (κ3) is 4.05. The molecule has 0 aliphatic rings. The first kappa shape index (κ1) is 15.5. The van der Waals surface area contributed by atoms with E-state index in [-0.39, 0.29) is 11.9 Å². The van der Waals surface area contributed by atoms with Crippen LogP contribution in [-0.4, -0.2) is 6.54 Å². The van der Waals surface area contributed by atoms with E-state index in [0.29, 0.717) is 11.3 Å². The Kier molecular flexibility index (Phi) is 5.34. The summed E-state index contributed by atoms with van der Waals surface area (Å²) in [4.78, 5) is 0. The second kappa shape index (κ2) is 7.23. The van der Waals surface area contributed by atoms with Crippen molar-refractivity contribution in [3.8, 4) is 11.5 Å². The lowest BCUT2D eigenvalue weighted by atomic mass is 10.1. The van der Waals surface area contributed by atoms with Crippen molar-refractivity contribution >= 4 is 0 Å². The normalized spacial score (nSPS) is 12.2. The van der Waals surface area contributed by atoms with Gasteiger partial charge >= 0.3 is 0 Å². The predicted molar refractivity (Wildman–Crippen MR) is 84.4 cm³/mol. The van der Waals surface area contributed by atoms with E-state index in [4.69, 9.17) is 4.74 Å². The summed E-state index contributed by atoms with van der Waals surface area (Å²) in [6.07, 6.45) is 1.01. The molecule has 112 valence electrons. The Labute approximate surface area is 126 Å². The van der Waals surface area contributed by atoms with Crippen molar-refractivity contribution in [3.05, 3.63) is 59.4 Å². The number of aryl methyl sites for hydroxylation is 1. The van der Waals surface area contributed by atoms with E-state index < -0.39 is 0 Å². The van der Waals surface area contributed by atoms with E-state index in [9.17, 15) is 4.39 Å². The van der Waals surface area contributed by atoms with Crippen LogP contribution < -0.4 is 10.1 Å². The lowest BCUT2D eigenvalue weighted by molar-refractivity contribution is 0.445. The van der Waals surface area contributed by atoms with Gasteiger partial charge in [0.15, 0.2) is 0 Å². The monoisotopic (exact) mass is 287 g/mol. The molecule has 2 aromatic rings. The number of benzene rings is 2. The van der Waals surface area contributed by atoms with Crippen LogP contribution in [0, 0.1) is 12.7 Å². The minimum Gasteiger partial charge on any atom is -0.457 e. The predicted octanol–water partition coefficient (Wildman–Crippen LogP) is 4.99. The molecule has 0 heterocycles. The quantitative estimate of drug-likeness (QED) is 0.808. The Morgan fingerprint density at radius 1 is 1.19 bits per heavy atom. The van der Waals surface area contributed by atoms with E-state index >= 15 is 0 Å². The van der Waals surface area contributed by atoms with Crippen molar-refractivity contribution < 1.29 is 9.13 Å². The first-order chi connectivity index (χ1) is 10.1. The number of rotatable bonds is 6. The summed E-state index contributed by atoms with van der Waals surface area (Å²) in [6.45, 7) is 6.90. The molecule has 21 heavy (non-hydrogen) atoms. The minimum absolute atomic E-state index is 0.0917. The Balaban J connectivity index is 2.28. The van der Waals surface area contributed by atoms with Gasteiger partial charge in [-0.2, -0.15) is 0 Å². The molecule has 0 amide bonds. The van der Waals surface area contributed by atoms with Crippen LogP contribution in [0.3, 0.4) is 0 Å². The van der Waals surface area contributed by atoms with Gasteiger partial charge in [-0.1, -0.05) is 25.1 Å². The van der Waals surface area contributed by atoms with E-state index in [2.05, 4.69) is 12.2 Å². The Morgan fingerprint density at radius 2 is 1.95 bits per heavy atom. The van der Waals surface area contributed by atoms with Crippen molar-refractivity contribution in [1.82, 2.24) is 5.32 Å². The highest BCUT2D eigenvalue weighted by molar-refractivity contribution is 5.41. The van der Waals surface area contributed by atoms with Gasteiger partial charge in [0, 0.05) is 11.6 Å². The number of ether oxygens (including phenoxy) is 1. The Hall–Kier alpha value is -1.87. The van der Waals surface area contributed by atoms with Crippen LogP contribution in [-0.2, 0) is 0 Å². The van der Waals surface area contributed by atoms with Gasteiger partial charge in [-0.25, -0.2) is 4.39 Å². The topological polar surface area (TPSA) is 21.3 Å². The summed E-state index contributed by atoms with van der Waals surface area (Å²) in [5, 5.41) is 3.31. The second-order valence-electron chi connectivity index (χ2n) is 5.25. The van der Waals surface area contributed by atoms with Gasteiger partial charge < -0.3 is 10.1 Å². The standard InChI is InChI=1S/C18H22FNO/c1-4-11-20-14(3)18-16(19)9-6-10-17(18)21-15-8-5-7-13(2)12-15/h5-10,12,14,20H,4,11H2,1-3H3. The fourth-order valence-corrected chi connectivity index (χ4v) is 2.30. The van der Waals surface area contributed by atoms with E-state index in [1.165, 1.54) is 6.07 Å². The van der Waals surface area contributed by atoms with Crippen LogP contribution in [0.1, 0.15) is 37.4 Å². The van der Waals surface area contributed by atoms with Crippen molar-refractivity contribution in [1.29, 1.82) is 0 Å². The highest BCUT2D eigenvalue weighted by atomic mass is 19.1. The molecule has 3 heteroatoms. The molecule has 0 spiro atoms. The molecule has 0 radical (unpaired) electrons. The summed E-state index contributed by atoms with van der Waals surface area (Å²) in [6, 6.07) is 12.6. The average molecular weight is 287 g/mol. The van der Waals surface area contributed by atoms with Gasteiger partial charge in [0.05, 0.1) is 0 Å². The van der Waals surface area contributed by atoms with Crippen LogP contribution in [0.15, 0.2) is 42.5 Å². The lowest BCUT2D eigenvalue weighted by Crippen LogP contribution is -2.20. The second-order valence-corrected chi connectivity index (χ2v) is 5.25. The van der Waals surface area contributed by atoms with Gasteiger partial charge in [-0.15, -0.1) is 0 Å². The Bertz CT molecular complexity index is 598. The average Bonchev–Trinajstić information content (AvgIpc) is 2.45. The fraction of sp³-hybridized carbons (Fsp3) is 0.333. The molecule has 1 N–H and O–H groups in total. The fourth-order valence-electron chi connectivity index (χ4n) is 2.30. The van der Waals surface area contributed by atoms with Gasteiger partial charge in [-0.3, -0.25) is 0 Å². The third-order valence-corrected chi connectivity index (χ3v) is 3.36. The zero-order chi connectivity index (χ0) is 15.2. The van der Waals surface area contributed by atoms with Crippen LogP contribution in [0.25, 0.3) is 0 Å². The first-order valence-corrected chi connectivity index (χ1v) is 7.38. The molecule has 0 bridgehead atoms. The van der Waals surface area contributed by atoms with Gasteiger partial charge in [-0.05, 0) is 56.6 Å².